The van der Waals surface area contributed by atoms with Crippen molar-refractivity contribution < 1.29 is 4.79 Å². The van der Waals surface area contributed by atoms with E-state index in [1.54, 1.807) is 0 Å². The molecule has 1 heterocycles. The molecule has 0 aliphatic heterocycles. The van der Waals surface area contributed by atoms with Crippen molar-refractivity contribution in [2.75, 3.05) is 0 Å². The Labute approximate surface area is 188 Å². The first-order valence-electron chi connectivity index (χ1n) is 11.5. The molecule has 2 fully saturated rings. The Hall–Kier alpha value is -1.52. The molecule has 0 unspecified atom stereocenters. The number of para-hydroxylation sites is 1. The first-order valence-corrected chi connectivity index (χ1v) is 12.7. The summed E-state index contributed by atoms with van der Waals surface area (Å²) in [5, 5.41) is 0. The predicted octanol–water partition coefficient (Wildman–Crippen LogP) is 6.81. The number of benzene rings is 1. The number of rotatable bonds is 1. The maximum Gasteiger partial charge on any atom is 0.166 e. The van der Waals surface area contributed by atoms with Gasteiger partial charge in [-0.25, -0.2) is 0 Å². The Kier molecular flexibility index (Phi) is 4.15. The minimum absolute atomic E-state index is 0.210. The summed E-state index contributed by atoms with van der Waals surface area (Å²) >= 11 is 7.69. The first-order chi connectivity index (χ1) is 14.4. The number of allylic oxidation sites excluding steroid dienone is 2. The fraction of sp³-hybridized carbons (Fsp3) is 0.538. The minimum atomic E-state index is 0.210. The normalized spacial score (nSPS) is 37.1. The number of hydrogen-bond acceptors (Lipinski definition) is 3. The van der Waals surface area contributed by atoms with Gasteiger partial charge < -0.3 is 0 Å². The Balaban J connectivity index is 1.42. The molecule has 0 N–H and O–H groups in total. The molecule has 30 heavy (non-hydrogen) atoms. The highest BCUT2D eigenvalue weighted by molar-refractivity contribution is 7.73. The van der Waals surface area contributed by atoms with Crippen LogP contribution in [-0.2, 0) is 16.6 Å². The van der Waals surface area contributed by atoms with Crippen molar-refractivity contribution in [2.45, 2.75) is 64.2 Å². The van der Waals surface area contributed by atoms with Crippen molar-refractivity contribution in [3.05, 3.63) is 56.5 Å². The Morgan fingerprint density at radius 2 is 1.83 bits per heavy atom. The number of carbonyl (C=O) groups is 1. The summed E-state index contributed by atoms with van der Waals surface area (Å²) in [6.45, 7) is 5.00. The van der Waals surface area contributed by atoms with Crippen molar-refractivity contribution in [2.24, 2.45) is 23.2 Å². The van der Waals surface area contributed by atoms with E-state index in [0.29, 0.717) is 11.7 Å². The zero-order valence-electron chi connectivity index (χ0n) is 17.8. The first kappa shape index (κ1) is 19.2. The van der Waals surface area contributed by atoms with Gasteiger partial charge in [-0.15, -0.1) is 11.3 Å². The van der Waals surface area contributed by atoms with Crippen LogP contribution in [0.2, 0.25) is 0 Å². The van der Waals surface area contributed by atoms with E-state index in [4.69, 9.17) is 12.2 Å². The number of thiazole rings is 1. The van der Waals surface area contributed by atoms with Gasteiger partial charge in [0.25, 0.3) is 0 Å². The summed E-state index contributed by atoms with van der Waals surface area (Å²) in [6, 6.07) is 10.7. The standard InChI is InChI=1S/C26H29NOS2/c1-25-12-10-18(28)14-16(25)8-9-19-20(25)11-13-26(2)21(19)15-22-23(26)27(24(29)30-22)17-6-4-3-5-7-17/h3-7,14,19-21H,8-13,15H2,1-2H3/t19-,20+,21+,25+,26+/m1/s1. The molecule has 1 aromatic carbocycles. The highest BCUT2D eigenvalue weighted by Gasteiger charge is 2.59. The van der Waals surface area contributed by atoms with Crippen LogP contribution >= 0.6 is 23.6 Å². The monoisotopic (exact) mass is 435 g/mol. The van der Waals surface area contributed by atoms with Gasteiger partial charge in [0, 0.05) is 28.1 Å². The number of aromatic nitrogens is 1. The van der Waals surface area contributed by atoms with Crippen LogP contribution in [0.4, 0.5) is 0 Å². The second kappa shape index (κ2) is 6.49. The summed E-state index contributed by atoms with van der Waals surface area (Å²) in [7, 11) is 0. The molecule has 2 saturated carbocycles. The molecule has 0 amide bonds. The third-order valence-electron chi connectivity index (χ3n) is 9.19. The van der Waals surface area contributed by atoms with E-state index in [9.17, 15) is 4.79 Å². The number of fused-ring (bicyclic) bond motifs is 7. The fourth-order valence-corrected chi connectivity index (χ4v) is 9.37. The van der Waals surface area contributed by atoms with Gasteiger partial charge in [0.2, 0.25) is 0 Å². The lowest BCUT2D eigenvalue weighted by atomic mass is 9.47. The van der Waals surface area contributed by atoms with Gasteiger partial charge in [-0.05, 0) is 92.1 Å². The molecule has 0 bridgehead atoms. The van der Waals surface area contributed by atoms with Crippen molar-refractivity contribution >= 4 is 29.3 Å². The SMILES string of the molecule is C[C@]12CCC(=O)C=C1CC[C@@H]1[C@@H]2CC[C@]2(C)c3c(sc(=S)n3-c3ccccc3)C[C@@H]12. The predicted molar refractivity (Wildman–Crippen MR) is 125 cm³/mol. The summed E-state index contributed by atoms with van der Waals surface area (Å²) in [5.74, 6) is 2.55. The maximum atomic E-state index is 12.1. The molecule has 5 atom stereocenters. The molecule has 0 spiro atoms. The van der Waals surface area contributed by atoms with Crippen molar-refractivity contribution in [3.63, 3.8) is 0 Å². The van der Waals surface area contributed by atoms with E-state index in [0.717, 1.165) is 35.1 Å². The van der Waals surface area contributed by atoms with Gasteiger partial charge >= 0.3 is 0 Å². The zero-order chi connectivity index (χ0) is 20.7. The van der Waals surface area contributed by atoms with Gasteiger partial charge in [0.1, 0.15) is 0 Å². The molecule has 1 aromatic heterocycles. The Morgan fingerprint density at radius 3 is 2.63 bits per heavy atom. The van der Waals surface area contributed by atoms with Gasteiger partial charge in [-0.2, -0.15) is 0 Å². The molecule has 6 rings (SSSR count). The van der Waals surface area contributed by atoms with E-state index in [1.165, 1.54) is 47.5 Å². The number of hydrogen-bond donors (Lipinski definition) is 0. The molecular formula is C26H29NOS2. The molecule has 2 aromatic rings. The Morgan fingerprint density at radius 1 is 1.03 bits per heavy atom. The average Bonchev–Trinajstić information content (AvgIpc) is 3.21. The summed E-state index contributed by atoms with van der Waals surface area (Å²) in [6.07, 6.45) is 9.89. The lowest BCUT2D eigenvalue weighted by molar-refractivity contribution is -0.117. The van der Waals surface area contributed by atoms with Crippen LogP contribution in [0.3, 0.4) is 0 Å². The smallest absolute Gasteiger partial charge is 0.166 e. The molecule has 2 nitrogen and oxygen atoms in total. The highest BCUT2D eigenvalue weighted by atomic mass is 32.1. The van der Waals surface area contributed by atoms with E-state index in [-0.39, 0.29) is 10.8 Å². The van der Waals surface area contributed by atoms with Crippen LogP contribution < -0.4 is 0 Å². The van der Waals surface area contributed by atoms with Gasteiger partial charge in [-0.1, -0.05) is 37.6 Å². The van der Waals surface area contributed by atoms with Crippen LogP contribution in [-0.4, -0.2) is 10.4 Å². The zero-order valence-corrected chi connectivity index (χ0v) is 19.5. The van der Waals surface area contributed by atoms with Crippen LogP contribution in [0.5, 0.6) is 0 Å². The quantitative estimate of drug-likeness (QED) is 0.459. The highest BCUT2D eigenvalue weighted by Crippen LogP contribution is 2.65. The van der Waals surface area contributed by atoms with Gasteiger partial charge in [0.05, 0.1) is 0 Å². The molecule has 4 aliphatic rings. The third-order valence-corrected chi connectivity index (χ3v) is 10.6. The van der Waals surface area contributed by atoms with E-state index >= 15 is 0 Å². The fourth-order valence-electron chi connectivity index (χ4n) is 7.69. The lowest BCUT2D eigenvalue weighted by Crippen LogP contribution is -2.51. The summed E-state index contributed by atoms with van der Waals surface area (Å²) < 4.78 is 3.39. The van der Waals surface area contributed by atoms with Gasteiger partial charge in [0.15, 0.2) is 9.74 Å². The second-order valence-electron chi connectivity index (χ2n) is 10.4. The van der Waals surface area contributed by atoms with Crippen LogP contribution in [0, 0.1) is 27.1 Å². The minimum Gasteiger partial charge on any atom is -0.295 e. The molecular weight excluding hydrogens is 406 g/mol. The lowest BCUT2D eigenvalue weighted by Gasteiger charge is -2.57. The van der Waals surface area contributed by atoms with E-state index in [2.05, 4.69) is 48.7 Å². The van der Waals surface area contributed by atoms with Crippen LogP contribution in [0.25, 0.3) is 5.69 Å². The average molecular weight is 436 g/mol. The molecule has 0 radical (unpaired) electrons. The van der Waals surface area contributed by atoms with E-state index < -0.39 is 0 Å². The van der Waals surface area contributed by atoms with Crippen molar-refractivity contribution in [1.29, 1.82) is 0 Å². The maximum absolute atomic E-state index is 12.1. The second-order valence-corrected chi connectivity index (χ2v) is 12.2. The van der Waals surface area contributed by atoms with Crippen LogP contribution in [0.1, 0.15) is 62.9 Å². The van der Waals surface area contributed by atoms with Gasteiger partial charge in [-0.3, -0.25) is 9.36 Å². The third kappa shape index (κ3) is 2.47. The summed E-state index contributed by atoms with van der Waals surface area (Å²) in [4.78, 5) is 13.6. The largest absolute Gasteiger partial charge is 0.295 e. The molecule has 4 aliphatic carbocycles. The Bertz CT molecular complexity index is 1130. The number of nitrogens with zero attached hydrogens (tertiary/aromatic N) is 1. The van der Waals surface area contributed by atoms with Crippen LogP contribution in [0.15, 0.2) is 42.0 Å². The van der Waals surface area contributed by atoms with Crippen molar-refractivity contribution in [3.8, 4) is 5.69 Å². The van der Waals surface area contributed by atoms with Crippen molar-refractivity contribution in [1.82, 2.24) is 4.57 Å². The number of ketones is 1. The topological polar surface area (TPSA) is 22.0 Å². The van der Waals surface area contributed by atoms with E-state index in [1.807, 2.05) is 17.4 Å². The molecule has 4 heteroatoms. The summed E-state index contributed by atoms with van der Waals surface area (Å²) in [5.41, 5.74) is 4.64. The molecule has 0 saturated heterocycles. The molecule has 156 valence electrons. The number of carbonyl (C=O) groups excluding carboxylic acids is 1.